The zero-order chi connectivity index (χ0) is 12.8. The predicted octanol–water partition coefficient (Wildman–Crippen LogP) is 1.68. The number of amides is 2. The zero-order valence-electron chi connectivity index (χ0n) is 10.6. The van der Waals surface area contributed by atoms with E-state index in [0.29, 0.717) is 18.9 Å². The number of hydrogen-bond acceptors (Lipinski definition) is 2. The quantitative estimate of drug-likeness (QED) is 0.713. The van der Waals surface area contributed by atoms with Gasteiger partial charge in [0.05, 0.1) is 0 Å². The van der Waals surface area contributed by atoms with Gasteiger partial charge in [-0.15, -0.1) is 0 Å². The number of hydrogen-bond donors (Lipinski definition) is 2. The van der Waals surface area contributed by atoms with Crippen LogP contribution >= 0.6 is 0 Å². The van der Waals surface area contributed by atoms with Crippen LogP contribution in [0.1, 0.15) is 39.5 Å². The minimum atomic E-state index is -0.823. The van der Waals surface area contributed by atoms with Crippen molar-refractivity contribution in [2.45, 2.75) is 45.6 Å². The van der Waals surface area contributed by atoms with Crippen molar-refractivity contribution >= 4 is 12.0 Å². The molecule has 2 N–H and O–H groups in total. The first-order chi connectivity index (χ1) is 8.02. The molecule has 0 radical (unpaired) electrons. The number of aliphatic carboxylic acids is 1. The lowest BCUT2D eigenvalue weighted by molar-refractivity contribution is -0.137. The molecule has 1 aliphatic rings. The third kappa shape index (κ3) is 5.56. The van der Waals surface area contributed by atoms with E-state index in [0.717, 1.165) is 6.54 Å². The molecule has 0 bridgehead atoms. The minimum absolute atomic E-state index is 0.0720. The van der Waals surface area contributed by atoms with Crippen molar-refractivity contribution in [2.24, 2.45) is 5.92 Å². The zero-order valence-corrected chi connectivity index (χ0v) is 10.6. The molecule has 2 amide bonds. The second-order valence-electron chi connectivity index (χ2n) is 4.76. The van der Waals surface area contributed by atoms with E-state index in [2.05, 4.69) is 5.32 Å². The van der Waals surface area contributed by atoms with Crippen molar-refractivity contribution in [1.29, 1.82) is 0 Å². The van der Waals surface area contributed by atoms with Gasteiger partial charge in [-0.2, -0.15) is 0 Å². The van der Waals surface area contributed by atoms with Gasteiger partial charge >= 0.3 is 12.0 Å². The highest BCUT2D eigenvalue weighted by molar-refractivity contribution is 5.74. The normalized spacial score (nSPS) is 16.4. The average Bonchev–Trinajstić information content (AvgIpc) is 3.06. The summed E-state index contributed by atoms with van der Waals surface area (Å²) in [5.41, 5.74) is 0. The monoisotopic (exact) mass is 242 g/mol. The summed E-state index contributed by atoms with van der Waals surface area (Å²) in [6.45, 7) is 5.33. The van der Waals surface area contributed by atoms with Gasteiger partial charge in [-0.25, -0.2) is 4.79 Å². The van der Waals surface area contributed by atoms with E-state index in [1.165, 1.54) is 12.8 Å². The Morgan fingerprint density at radius 3 is 2.59 bits per heavy atom. The van der Waals surface area contributed by atoms with Gasteiger partial charge in [0.2, 0.25) is 0 Å². The first-order valence-electron chi connectivity index (χ1n) is 6.30. The van der Waals surface area contributed by atoms with Crippen LogP contribution in [0.3, 0.4) is 0 Å². The van der Waals surface area contributed by atoms with Crippen LogP contribution in [-0.4, -0.2) is 41.1 Å². The third-order valence-electron chi connectivity index (χ3n) is 3.01. The highest BCUT2D eigenvalue weighted by Crippen LogP contribution is 2.29. The van der Waals surface area contributed by atoms with E-state index in [1.54, 1.807) is 4.90 Å². The summed E-state index contributed by atoms with van der Waals surface area (Å²) in [4.78, 5) is 24.1. The van der Waals surface area contributed by atoms with Crippen LogP contribution in [0.15, 0.2) is 0 Å². The minimum Gasteiger partial charge on any atom is -0.481 e. The van der Waals surface area contributed by atoms with E-state index in [-0.39, 0.29) is 18.5 Å². The smallest absolute Gasteiger partial charge is 0.317 e. The number of nitrogens with zero attached hydrogens (tertiary/aromatic N) is 1. The molecule has 1 fully saturated rings. The molecule has 1 saturated carbocycles. The number of carbonyl (C=O) groups excluding carboxylic acids is 1. The molecule has 0 saturated heterocycles. The van der Waals surface area contributed by atoms with Crippen molar-refractivity contribution < 1.29 is 14.7 Å². The van der Waals surface area contributed by atoms with E-state index in [9.17, 15) is 9.59 Å². The molecule has 1 unspecified atom stereocenters. The number of rotatable bonds is 7. The third-order valence-corrected chi connectivity index (χ3v) is 3.01. The molecule has 0 aromatic carbocycles. The van der Waals surface area contributed by atoms with Crippen molar-refractivity contribution in [2.75, 3.05) is 13.1 Å². The molecule has 0 heterocycles. The molecule has 5 heteroatoms. The molecular weight excluding hydrogens is 220 g/mol. The fourth-order valence-corrected chi connectivity index (χ4v) is 1.68. The van der Waals surface area contributed by atoms with Crippen LogP contribution < -0.4 is 5.32 Å². The van der Waals surface area contributed by atoms with Gasteiger partial charge in [0.25, 0.3) is 0 Å². The Hall–Kier alpha value is -1.26. The van der Waals surface area contributed by atoms with Crippen LogP contribution in [0, 0.1) is 5.92 Å². The SMILES string of the molecule is CCN(CC1CC1)C(=O)NC(C)CCC(=O)O. The largest absolute Gasteiger partial charge is 0.481 e. The lowest BCUT2D eigenvalue weighted by Gasteiger charge is -2.23. The number of carboxylic acids is 1. The Morgan fingerprint density at radius 1 is 1.47 bits per heavy atom. The first-order valence-corrected chi connectivity index (χ1v) is 6.30. The summed E-state index contributed by atoms with van der Waals surface area (Å²) < 4.78 is 0. The molecule has 0 aromatic heterocycles. The molecule has 1 atom stereocenters. The fourth-order valence-electron chi connectivity index (χ4n) is 1.68. The van der Waals surface area contributed by atoms with Gasteiger partial charge in [0, 0.05) is 25.6 Å². The van der Waals surface area contributed by atoms with E-state index in [1.807, 2.05) is 13.8 Å². The van der Waals surface area contributed by atoms with Crippen LogP contribution in [0.4, 0.5) is 4.79 Å². The Kier molecular flexibility index (Phi) is 5.25. The number of carboxylic acid groups (broad SMARTS) is 1. The maximum atomic E-state index is 11.9. The van der Waals surface area contributed by atoms with Crippen LogP contribution in [0.25, 0.3) is 0 Å². The summed E-state index contributed by atoms with van der Waals surface area (Å²) in [6.07, 6.45) is 3.01. The summed E-state index contributed by atoms with van der Waals surface area (Å²) in [5.74, 6) is -0.147. The lowest BCUT2D eigenvalue weighted by Crippen LogP contribution is -2.44. The van der Waals surface area contributed by atoms with Gasteiger partial charge < -0.3 is 15.3 Å². The number of carbonyl (C=O) groups is 2. The Balaban J connectivity index is 2.26. The highest BCUT2D eigenvalue weighted by Gasteiger charge is 2.26. The average molecular weight is 242 g/mol. The Labute approximate surface area is 102 Å². The van der Waals surface area contributed by atoms with Crippen LogP contribution in [-0.2, 0) is 4.79 Å². The van der Waals surface area contributed by atoms with Gasteiger partial charge in [0.15, 0.2) is 0 Å². The maximum Gasteiger partial charge on any atom is 0.317 e. The molecule has 5 nitrogen and oxygen atoms in total. The Bertz CT molecular complexity index is 277. The predicted molar refractivity (Wildman–Crippen MR) is 64.8 cm³/mol. The fraction of sp³-hybridized carbons (Fsp3) is 0.833. The van der Waals surface area contributed by atoms with Gasteiger partial charge in [-0.3, -0.25) is 4.79 Å². The van der Waals surface area contributed by atoms with Gasteiger partial charge in [-0.05, 0) is 39.0 Å². The number of nitrogens with one attached hydrogen (secondary N) is 1. The molecule has 1 aliphatic carbocycles. The molecular formula is C12H22N2O3. The van der Waals surface area contributed by atoms with Gasteiger partial charge in [-0.1, -0.05) is 0 Å². The summed E-state index contributed by atoms with van der Waals surface area (Å²) in [6, 6.07) is -0.163. The van der Waals surface area contributed by atoms with E-state index >= 15 is 0 Å². The molecule has 0 spiro atoms. The highest BCUT2D eigenvalue weighted by atomic mass is 16.4. The Morgan fingerprint density at radius 2 is 2.12 bits per heavy atom. The summed E-state index contributed by atoms with van der Waals surface area (Å²) in [5, 5.41) is 11.4. The van der Waals surface area contributed by atoms with E-state index in [4.69, 9.17) is 5.11 Å². The molecule has 17 heavy (non-hydrogen) atoms. The van der Waals surface area contributed by atoms with Crippen LogP contribution in [0.5, 0.6) is 0 Å². The van der Waals surface area contributed by atoms with Crippen LogP contribution in [0.2, 0.25) is 0 Å². The molecule has 1 rings (SSSR count). The standard InChI is InChI=1S/C12H22N2O3/c1-3-14(8-10-5-6-10)12(17)13-9(2)4-7-11(15)16/h9-10H,3-8H2,1-2H3,(H,13,17)(H,15,16). The molecule has 0 aromatic rings. The van der Waals surface area contributed by atoms with Crippen molar-refractivity contribution in [3.63, 3.8) is 0 Å². The lowest BCUT2D eigenvalue weighted by atomic mass is 10.2. The van der Waals surface area contributed by atoms with Crippen molar-refractivity contribution in [3.8, 4) is 0 Å². The van der Waals surface area contributed by atoms with Crippen molar-refractivity contribution in [3.05, 3.63) is 0 Å². The van der Waals surface area contributed by atoms with E-state index < -0.39 is 5.97 Å². The molecule has 0 aliphatic heterocycles. The van der Waals surface area contributed by atoms with Crippen molar-refractivity contribution in [1.82, 2.24) is 10.2 Å². The second-order valence-corrected chi connectivity index (χ2v) is 4.76. The summed E-state index contributed by atoms with van der Waals surface area (Å²) >= 11 is 0. The first kappa shape index (κ1) is 13.8. The number of urea groups is 1. The second kappa shape index (κ2) is 6.47. The summed E-state index contributed by atoms with van der Waals surface area (Å²) in [7, 11) is 0. The molecule has 98 valence electrons. The van der Waals surface area contributed by atoms with Gasteiger partial charge in [0.1, 0.15) is 0 Å². The maximum absolute atomic E-state index is 11.9. The topological polar surface area (TPSA) is 69.6 Å².